The number of carbonyl (C=O) groups is 3. The third-order valence-electron chi connectivity index (χ3n) is 5.52. The third kappa shape index (κ3) is 5.27. The van der Waals surface area contributed by atoms with E-state index in [0.717, 1.165) is 20.5 Å². The number of ether oxygens (including phenoxy) is 2. The zero-order valence-corrected chi connectivity index (χ0v) is 21.0. The molecule has 0 aliphatic carbocycles. The van der Waals surface area contributed by atoms with E-state index < -0.39 is 17.8 Å². The Hall–Kier alpha value is -3.91. The molecule has 1 heterocycles. The summed E-state index contributed by atoms with van der Waals surface area (Å²) in [6.45, 7) is 4.23. The first-order chi connectivity index (χ1) is 16.8. The molecule has 0 radical (unpaired) electrons. The second kappa shape index (κ2) is 10.1. The Morgan fingerprint density at radius 1 is 0.943 bits per heavy atom. The van der Waals surface area contributed by atoms with Crippen LogP contribution in [0.2, 0.25) is 0 Å². The fourth-order valence-electron chi connectivity index (χ4n) is 3.57. The molecule has 0 unspecified atom stereocenters. The summed E-state index contributed by atoms with van der Waals surface area (Å²) in [6, 6.07) is 17.4. The minimum atomic E-state index is -0.795. The largest absolute Gasteiger partial charge is 0.493 e. The van der Waals surface area contributed by atoms with Crippen LogP contribution in [0.25, 0.3) is 6.08 Å². The van der Waals surface area contributed by atoms with E-state index >= 15 is 0 Å². The van der Waals surface area contributed by atoms with Gasteiger partial charge in [0.2, 0.25) is 0 Å². The zero-order valence-electron chi connectivity index (χ0n) is 19.4. The average molecular weight is 535 g/mol. The molecule has 1 saturated heterocycles. The molecule has 0 spiro atoms. The number of nitrogens with one attached hydrogen (secondary N) is 1. The highest BCUT2D eigenvalue weighted by molar-refractivity contribution is 9.10. The van der Waals surface area contributed by atoms with E-state index in [4.69, 9.17) is 9.47 Å². The van der Waals surface area contributed by atoms with Crippen molar-refractivity contribution in [3.63, 3.8) is 0 Å². The zero-order chi connectivity index (χ0) is 25.1. The van der Waals surface area contributed by atoms with Crippen LogP contribution >= 0.6 is 15.9 Å². The fourth-order valence-corrected chi connectivity index (χ4v) is 3.81. The molecule has 7 nitrogen and oxygen atoms in total. The number of benzene rings is 3. The van der Waals surface area contributed by atoms with Gasteiger partial charge >= 0.3 is 6.03 Å². The number of halogens is 1. The number of aryl methyl sites for hydroxylation is 2. The van der Waals surface area contributed by atoms with Crippen LogP contribution < -0.4 is 19.7 Å². The minimum absolute atomic E-state index is 0.166. The summed E-state index contributed by atoms with van der Waals surface area (Å²) in [5.41, 5.74) is 3.77. The number of anilines is 1. The van der Waals surface area contributed by atoms with Gasteiger partial charge in [0, 0.05) is 4.47 Å². The van der Waals surface area contributed by atoms with Crippen molar-refractivity contribution in [2.75, 3.05) is 12.0 Å². The SMILES string of the molecule is COc1cc(/C=C2\C(=O)NC(=O)N(c3ccc(Br)c(C)c3)C2=O)ccc1OCc1ccc(C)cc1. The van der Waals surface area contributed by atoms with E-state index in [1.54, 1.807) is 36.4 Å². The first kappa shape index (κ1) is 24.2. The molecule has 3 aromatic rings. The lowest BCUT2D eigenvalue weighted by molar-refractivity contribution is -0.122. The molecule has 1 aliphatic rings. The number of methoxy groups -OCH3 is 1. The van der Waals surface area contributed by atoms with Gasteiger partial charge in [0.25, 0.3) is 11.8 Å². The van der Waals surface area contributed by atoms with Crippen molar-refractivity contribution in [2.24, 2.45) is 0 Å². The van der Waals surface area contributed by atoms with Crippen LogP contribution in [-0.4, -0.2) is 25.0 Å². The van der Waals surface area contributed by atoms with Gasteiger partial charge in [-0.05, 0) is 66.9 Å². The summed E-state index contributed by atoms with van der Waals surface area (Å²) in [5, 5.41) is 2.24. The highest BCUT2D eigenvalue weighted by Crippen LogP contribution is 2.31. The molecule has 1 aliphatic heterocycles. The molecule has 0 aromatic heterocycles. The van der Waals surface area contributed by atoms with Crippen molar-refractivity contribution in [3.05, 3.63) is 93.0 Å². The van der Waals surface area contributed by atoms with E-state index in [2.05, 4.69) is 21.2 Å². The number of imide groups is 2. The van der Waals surface area contributed by atoms with Crippen LogP contribution in [0.5, 0.6) is 11.5 Å². The monoisotopic (exact) mass is 534 g/mol. The average Bonchev–Trinajstić information content (AvgIpc) is 2.83. The Morgan fingerprint density at radius 2 is 1.69 bits per heavy atom. The smallest absolute Gasteiger partial charge is 0.335 e. The lowest BCUT2D eigenvalue weighted by Crippen LogP contribution is -2.54. The summed E-state index contributed by atoms with van der Waals surface area (Å²) in [4.78, 5) is 39.1. The normalized spacial score (nSPS) is 14.8. The summed E-state index contributed by atoms with van der Waals surface area (Å²) in [5.74, 6) is -0.494. The summed E-state index contributed by atoms with van der Waals surface area (Å²) in [6.07, 6.45) is 1.43. The van der Waals surface area contributed by atoms with Gasteiger partial charge in [0.05, 0.1) is 12.8 Å². The Balaban J connectivity index is 1.59. The summed E-state index contributed by atoms with van der Waals surface area (Å²) < 4.78 is 12.2. The number of rotatable bonds is 6. The minimum Gasteiger partial charge on any atom is -0.493 e. The van der Waals surface area contributed by atoms with Crippen LogP contribution in [0.1, 0.15) is 22.3 Å². The number of nitrogens with zero attached hydrogens (tertiary/aromatic N) is 1. The third-order valence-corrected chi connectivity index (χ3v) is 6.40. The van der Waals surface area contributed by atoms with Gasteiger partial charge in [-0.2, -0.15) is 0 Å². The van der Waals surface area contributed by atoms with E-state index in [0.29, 0.717) is 29.4 Å². The van der Waals surface area contributed by atoms with Crippen molar-refractivity contribution in [1.29, 1.82) is 0 Å². The van der Waals surface area contributed by atoms with Crippen molar-refractivity contribution in [3.8, 4) is 11.5 Å². The molecule has 1 N–H and O–H groups in total. The molecule has 8 heteroatoms. The van der Waals surface area contributed by atoms with Gasteiger partial charge < -0.3 is 9.47 Å². The first-order valence-electron chi connectivity index (χ1n) is 10.8. The maximum Gasteiger partial charge on any atom is 0.335 e. The molecular weight excluding hydrogens is 512 g/mol. The Labute approximate surface area is 211 Å². The highest BCUT2D eigenvalue weighted by Gasteiger charge is 2.37. The number of carbonyl (C=O) groups excluding carboxylic acids is 3. The molecular formula is C27H23BrN2O5. The van der Waals surface area contributed by atoms with Crippen LogP contribution in [0.3, 0.4) is 0 Å². The predicted octanol–water partition coefficient (Wildman–Crippen LogP) is 5.32. The van der Waals surface area contributed by atoms with Gasteiger partial charge in [-0.25, -0.2) is 9.69 Å². The van der Waals surface area contributed by atoms with E-state index in [9.17, 15) is 14.4 Å². The maximum atomic E-state index is 13.2. The van der Waals surface area contributed by atoms with E-state index in [1.165, 1.54) is 18.7 Å². The first-order valence-corrected chi connectivity index (χ1v) is 11.6. The lowest BCUT2D eigenvalue weighted by Gasteiger charge is -2.26. The molecule has 0 atom stereocenters. The molecule has 0 bridgehead atoms. The lowest BCUT2D eigenvalue weighted by atomic mass is 10.1. The molecule has 178 valence electrons. The topological polar surface area (TPSA) is 84.9 Å². The standard InChI is InChI=1S/C27H23BrN2O5/c1-16-4-6-18(7-5-16)15-35-23-11-8-19(14-24(23)34-3)13-21-25(31)29-27(33)30(26(21)32)20-9-10-22(28)17(2)12-20/h4-14H,15H2,1-3H3,(H,29,31,33)/b21-13+. The number of amides is 4. The molecule has 4 amide bonds. The van der Waals surface area contributed by atoms with Crippen LogP contribution in [0.15, 0.2) is 70.7 Å². The highest BCUT2D eigenvalue weighted by atomic mass is 79.9. The van der Waals surface area contributed by atoms with Gasteiger partial charge in [0.15, 0.2) is 11.5 Å². The fraction of sp³-hybridized carbons (Fsp3) is 0.148. The van der Waals surface area contributed by atoms with Gasteiger partial charge in [0.1, 0.15) is 12.2 Å². The van der Waals surface area contributed by atoms with Gasteiger partial charge in [-0.1, -0.05) is 51.8 Å². The van der Waals surface area contributed by atoms with Gasteiger partial charge in [-0.3, -0.25) is 14.9 Å². The quantitative estimate of drug-likeness (QED) is 0.341. The second-order valence-corrected chi connectivity index (χ2v) is 8.93. The van der Waals surface area contributed by atoms with E-state index in [-0.39, 0.29) is 5.57 Å². The van der Waals surface area contributed by atoms with Crippen molar-refractivity contribution in [2.45, 2.75) is 20.5 Å². The number of urea groups is 1. The maximum absolute atomic E-state index is 13.2. The molecule has 0 saturated carbocycles. The van der Waals surface area contributed by atoms with Crippen molar-refractivity contribution < 1.29 is 23.9 Å². The Morgan fingerprint density at radius 3 is 2.37 bits per heavy atom. The number of hydrogen-bond donors (Lipinski definition) is 1. The summed E-state index contributed by atoms with van der Waals surface area (Å²) >= 11 is 3.40. The van der Waals surface area contributed by atoms with Crippen molar-refractivity contribution >= 4 is 45.5 Å². The van der Waals surface area contributed by atoms with Crippen LogP contribution in [0, 0.1) is 13.8 Å². The van der Waals surface area contributed by atoms with Crippen molar-refractivity contribution in [1.82, 2.24) is 5.32 Å². The summed E-state index contributed by atoms with van der Waals surface area (Å²) in [7, 11) is 1.51. The number of barbiturate groups is 1. The van der Waals surface area contributed by atoms with E-state index in [1.807, 2.05) is 38.1 Å². The second-order valence-electron chi connectivity index (χ2n) is 8.08. The molecule has 3 aromatic carbocycles. The molecule has 4 rings (SSSR count). The Bertz CT molecular complexity index is 1350. The van der Waals surface area contributed by atoms with Gasteiger partial charge in [-0.15, -0.1) is 0 Å². The van der Waals surface area contributed by atoms with Crippen LogP contribution in [-0.2, 0) is 16.2 Å². The molecule has 1 fully saturated rings. The number of hydrogen-bond acceptors (Lipinski definition) is 5. The molecule has 35 heavy (non-hydrogen) atoms. The Kier molecular flexibility index (Phi) is 7.02. The van der Waals surface area contributed by atoms with Crippen LogP contribution in [0.4, 0.5) is 10.5 Å². The predicted molar refractivity (Wildman–Crippen MR) is 136 cm³/mol.